The highest BCUT2D eigenvalue weighted by atomic mass is 16.6. The lowest BCUT2D eigenvalue weighted by atomic mass is 10.1. The van der Waals surface area contributed by atoms with Crippen LogP contribution >= 0.6 is 0 Å². The largest absolute Gasteiger partial charge is 0.480 e. The Kier molecular flexibility index (Phi) is 43.1. The summed E-state index contributed by atoms with van der Waals surface area (Å²) in [6, 6.07) is 35.1. The molecule has 0 fully saturated rings. The van der Waals surface area contributed by atoms with Crippen molar-refractivity contribution in [3.05, 3.63) is 144 Å². The van der Waals surface area contributed by atoms with E-state index in [0.717, 1.165) is 22.3 Å². The minimum Gasteiger partial charge on any atom is -0.480 e. The molecule has 27 heteroatoms. The van der Waals surface area contributed by atoms with Gasteiger partial charge in [0.05, 0.1) is 52.9 Å². The molecule has 27 nitrogen and oxygen atoms in total. The first-order valence-electron chi connectivity index (χ1n) is 30.9. The van der Waals surface area contributed by atoms with Crippen molar-refractivity contribution in [2.45, 2.75) is 130 Å². The first-order valence-corrected chi connectivity index (χ1v) is 30.9. The number of carboxylic acid groups (broad SMARTS) is 1. The number of amides is 7. The lowest BCUT2D eigenvalue weighted by Crippen LogP contribution is -2.47. The average Bonchev–Trinajstić information content (AvgIpc) is 3.62. The third kappa shape index (κ3) is 46.9. The second-order valence-corrected chi connectivity index (χ2v) is 22.2. The summed E-state index contributed by atoms with van der Waals surface area (Å²) >= 11 is 0. The molecule has 0 aliphatic rings. The van der Waals surface area contributed by atoms with Crippen LogP contribution in [0.2, 0.25) is 0 Å². The van der Waals surface area contributed by atoms with E-state index in [-0.39, 0.29) is 51.9 Å². The van der Waals surface area contributed by atoms with E-state index < -0.39 is 65.8 Å². The van der Waals surface area contributed by atoms with Gasteiger partial charge >= 0.3 is 42.5 Å². The minimum atomic E-state index is -1.14. The average molecular weight is 1310 g/mol. The topological polar surface area (TPSA) is 359 Å². The normalized spacial score (nSPS) is 11.4. The third-order valence-electron chi connectivity index (χ3n) is 11.8. The van der Waals surface area contributed by atoms with Crippen LogP contribution in [0, 0.1) is 0 Å². The van der Waals surface area contributed by atoms with Crippen molar-refractivity contribution in [1.82, 2.24) is 37.2 Å². The fraction of sp³-hybridized carbons (Fsp3) is 0.515. The summed E-state index contributed by atoms with van der Waals surface area (Å²) in [7, 11) is 0. The number of nitrogens with two attached hydrogens (primary N) is 1. The number of nitrogens with one attached hydrogen (secondary N) is 7. The molecule has 2 unspecified atom stereocenters. The number of rotatable bonds is 39. The molecule has 4 aromatic carbocycles. The van der Waals surface area contributed by atoms with E-state index >= 15 is 0 Å². The molecule has 0 aliphatic heterocycles. The van der Waals surface area contributed by atoms with Gasteiger partial charge in [0.1, 0.15) is 49.7 Å². The van der Waals surface area contributed by atoms with Gasteiger partial charge in [0, 0.05) is 39.3 Å². The van der Waals surface area contributed by atoms with Gasteiger partial charge < -0.3 is 95.4 Å². The second-order valence-electron chi connectivity index (χ2n) is 22.2. The van der Waals surface area contributed by atoms with E-state index in [4.69, 9.17) is 53.1 Å². The molecule has 0 radical (unpaired) electrons. The SMILES string of the molecule is CC(C)(C)OC(=O)NCCOCCOCCN.CC(C)(C)OC(=O)NCCOCCOCCNC(=O)C(CCCCNC(=O)OCc1ccccc1)NC(=O)OCc1ccccc1.O=C(NCCCCC(NC(=O)OCc1ccccc1)C(=O)O)OCc1ccccc1. The highest BCUT2D eigenvalue weighted by Crippen LogP contribution is 2.10. The molecule has 4 rings (SSSR count). The van der Waals surface area contributed by atoms with Crippen LogP contribution in [0.5, 0.6) is 0 Å². The number of alkyl carbamates (subject to hydrolysis) is 6. The van der Waals surface area contributed by atoms with Crippen LogP contribution < -0.4 is 43.0 Å². The summed E-state index contributed by atoms with van der Waals surface area (Å²) < 4.78 is 52.1. The third-order valence-corrected chi connectivity index (χ3v) is 11.8. The number of carbonyl (C=O) groups is 8. The van der Waals surface area contributed by atoms with Crippen molar-refractivity contribution in [2.24, 2.45) is 5.73 Å². The van der Waals surface area contributed by atoms with Gasteiger partial charge in [-0.15, -0.1) is 0 Å². The zero-order chi connectivity index (χ0) is 68.2. The van der Waals surface area contributed by atoms with Gasteiger partial charge in [0.2, 0.25) is 5.91 Å². The maximum Gasteiger partial charge on any atom is 0.408 e. The Morgan fingerprint density at radius 3 is 1.01 bits per heavy atom. The van der Waals surface area contributed by atoms with Gasteiger partial charge in [-0.2, -0.15) is 0 Å². The zero-order valence-electron chi connectivity index (χ0n) is 54.5. The van der Waals surface area contributed by atoms with Crippen LogP contribution in [0.1, 0.15) is 102 Å². The number of unbranched alkanes of at least 4 members (excludes halogenated alkanes) is 2. The predicted octanol–water partition coefficient (Wildman–Crippen LogP) is 8.02. The van der Waals surface area contributed by atoms with Gasteiger partial charge in [-0.1, -0.05) is 121 Å². The van der Waals surface area contributed by atoms with E-state index in [1.54, 1.807) is 32.9 Å². The van der Waals surface area contributed by atoms with Crippen LogP contribution in [-0.4, -0.2) is 169 Å². The van der Waals surface area contributed by atoms with Crippen molar-refractivity contribution in [3.63, 3.8) is 0 Å². The van der Waals surface area contributed by atoms with Crippen LogP contribution in [0.25, 0.3) is 0 Å². The molecule has 7 amide bonds. The quantitative estimate of drug-likeness (QED) is 0.0151. The van der Waals surface area contributed by atoms with Crippen LogP contribution in [0.3, 0.4) is 0 Å². The Morgan fingerprint density at radius 2 is 0.677 bits per heavy atom. The molecule has 0 aliphatic carbocycles. The molecule has 10 N–H and O–H groups in total. The first kappa shape index (κ1) is 80.3. The van der Waals surface area contributed by atoms with Gasteiger partial charge in [-0.05, 0) is 102 Å². The molecule has 0 aromatic heterocycles. The van der Waals surface area contributed by atoms with Crippen molar-refractivity contribution in [1.29, 1.82) is 0 Å². The van der Waals surface area contributed by atoms with E-state index in [1.165, 1.54) is 0 Å². The Labute approximate surface area is 545 Å². The molecule has 0 bridgehead atoms. The van der Waals surface area contributed by atoms with Crippen LogP contribution in [0.15, 0.2) is 121 Å². The summed E-state index contributed by atoms with van der Waals surface area (Å²) in [6.07, 6.45) is -0.768. The van der Waals surface area contributed by atoms with E-state index in [0.29, 0.717) is 111 Å². The number of carbonyl (C=O) groups excluding carboxylic acids is 7. The van der Waals surface area contributed by atoms with E-state index in [9.17, 15) is 43.5 Å². The summed E-state index contributed by atoms with van der Waals surface area (Å²) in [6.45, 7) is 16.6. The number of carboxylic acids is 1. The predicted molar refractivity (Wildman–Crippen MR) is 346 cm³/mol. The second kappa shape index (κ2) is 49.9. The number of aliphatic carboxylic acids is 1. The Bertz CT molecular complexity index is 2670. The van der Waals surface area contributed by atoms with Crippen molar-refractivity contribution in [2.75, 3.05) is 92.1 Å². The highest BCUT2D eigenvalue weighted by molar-refractivity contribution is 5.85. The molecule has 2 atom stereocenters. The van der Waals surface area contributed by atoms with Crippen molar-refractivity contribution >= 4 is 48.4 Å². The summed E-state index contributed by atoms with van der Waals surface area (Å²) in [5.74, 6) is -1.51. The monoisotopic (exact) mass is 1310 g/mol. The highest BCUT2D eigenvalue weighted by Gasteiger charge is 2.23. The molecule has 516 valence electrons. The fourth-order valence-corrected chi connectivity index (χ4v) is 7.39. The molecular weight excluding hydrogens is 1210 g/mol. The summed E-state index contributed by atoms with van der Waals surface area (Å²) in [4.78, 5) is 95.0. The van der Waals surface area contributed by atoms with Gasteiger partial charge in [-0.3, -0.25) is 4.79 Å². The van der Waals surface area contributed by atoms with Gasteiger partial charge in [-0.25, -0.2) is 33.6 Å². The van der Waals surface area contributed by atoms with Crippen molar-refractivity contribution < 1.29 is 90.8 Å². The Morgan fingerprint density at radius 1 is 0.376 bits per heavy atom. The van der Waals surface area contributed by atoms with Crippen LogP contribution in [0.4, 0.5) is 28.8 Å². The molecule has 0 spiro atoms. The van der Waals surface area contributed by atoms with E-state index in [1.807, 2.05) is 130 Å². The molecule has 0 saturated heterocycles. The number of benzene rings is 4. The minimum absolute atomic E-state index is 0.0635. The smallest absolute Gasteiger partial charge is 0.408 e. The standard InChI is InChI=1S/C33H48N4O9.C22H26N2O6.C11H24N2O4/c1-33(2,3)46-31(40)36-19-21-43-23-22-42-20-18-34-29(38)28(37-32(41)45-25-27-14-8-5-9-15-27)16-10-11-17-35-30(39)44-24-26-12-6-4-7-13-26;25-20(26)19(24-22(28)30-16-18-11-5-2-6-12-18)13-7-8-14-23-21(27)29-15-17-9-3-1-4-10-17;1-11(2,3)17-10(14)13-5-7-16-9-8-15-6-4-12/h4-9,12-15,28H,10-11,16-25H2,1-3H3,(H,34,38)(H,35,39)(H,36,40)(H,37,41);1-6,9-12,19H,7-8,13-16H2,(H,23,27)(H,24,28)(H,25,26);4-9,12H2,1-3H3,(H,13,14). The summed E-state index contributed by atoms with van der Waals surface area (Å²) in [5, 5.41) is 27.5. The maximum absolute atomic E-state index is 12.9. The lowest BCUT2D eigenvalue weighted by Gasteiger charge is -2.19. The van der Waals surface area contributed by atoms with Gasteiger partial charge in [0.15, 0.2) is 0 Å². The molecule has 4 aromatic rings. The van der Waals surface area contributed by atoms with E-state index in [2.05, 4.69) is 37.2 Å². The molecule has 93 heavy (non-hydrogen) atoms. The zero-order valence-corrected chi connectivity index (χ0v) is 54.5. The number of ether oxygens (including phenoxy) is 10. The first-order chi connectivity index (χ1) is 44.6. The molecule has 0 saturated carbocycles. The lowest BCUT2D eigenvalue weighted by molar-refractivity contribution is -0.139. The molecule has 0 heterocycles. The number of hydrogen-bond donors (Lipinski definition) is 9. The van der Waals surface area contributed by atoms with Gasteiger partial charge in [0.25, 0.3) is 0 Å². The molecular formula is C66H98N8O19. The summed E-state index contributed by atoms with van der Waals surface area (Å²) in [5.41, 5.74) is 7.63. The maximum atomic E-state index is 12.9. The van der Waals surface area contributed by atoms with Crippen molar-refractivity contribution in [3.8, 4) is 0 Å². The Balaban J connectivity index is 0.000000533. The number of hydrogen-bond acceptors (Lipinski definition) is 19. The fourth-order valence-electron chi connectivity index (χ4n) is 7.39. The van der Waals surface area contributed by atoms with Crippen LogP contribution in [-0.2, 0) is 83.4 Å². The Hall–Kier alpha value is -8.76.